The van der Waals surface area contributed by atoms with Crippen LogP contribution in [-0.2, 0) is 12.4 Å². The first-order valence-corrected chi connectivity index (χ1v) is 9.93. The number of benzene rings is 1. The Labute approximate surface area is 183 Å². The highest BCUT2D eigenvalue weighted by molar-refractivity contribution is 8.00. The fourth-order valence-corrected chi connectivity index (χ4v) is 3.01. The lowest BCUT2D eigenvalue weighted by atomic mass is 10.2. The first-order valence-electron chi connectivity index (χ1n) is 6.78. The number of carbonyl (C=O) groups is 1. The summed E-state index contributed by atoms with van der Waals surface area (Å²) in [7, 11) is 0. The van der Waals surface area contributed by atoms with Gasteiger partial charge in [-0.2, -0.15) is 0 Å². The van der Waals surface area contributed by atoms with Gasteiger partial charge < -0.3 is 5.11 Å². The molecule has 2 rings (SSSR count). The van der Waals surface area contributed by atoms with Gasteiger partial charge in [-0.3, -0.25) is 4.79 Å². The number of hydrogen-bond acceptors (Lipinski definition) is 5. The van der Waals surface area contributed by atoms with Gasteiger partial charge in [0.1, 0.15) is 5.25 Å². The van der Waals surface area contributed by atoms with Crippen LogP contribution in [0.5, 0.6) is 0 Å². The fourth-order valence-electron chi connectivity index (χ4n) is 1.70. The lowest BCUT2D eigenvalue weighted by Crippen LogP contribution is -2.16. The molecule has 0 bridgehead atoms. The highest BCUT2D eigenvalue weighted by Crippen LogP contribution is 2.40. The molecule has 0 fully saturated rings. The Hall–Kier alpha value is -0.210. The number of nitrogens with zero attached hydrogens (tertiary/aromatic N) is 3. The van der Waals surface area contributed by atoms with Crippen LogP contribution in [0, 0.1) is 0 Å². The first-order chi connectivity index (χ1) is 11.9. The van der Waals surface area contributed by atoms with Gasteiger partial charge in [0.25, 0.3) is 0 Å². The molecule has 2 aromatic rings. The van der Waals surface area contributed by atoms with Crippen LogP contribution in [0.3, 0.4) is 0 Å². The lowest BCUT2D eigenvalue weighted by molar-refractivity contribution is -0.136. The van der Waals surface area contributed by atoms with E-state index in [1.807, 2.05) is 0 Å². The molecule has 0 saturated heterocycles. The predicted octanol–water partition coefficient (Wildman–Crippen LogP) is 5.76. The maximum atomic E-state index is 10.9. The zero-order chi connectivity index (χ0) is 19.7. The summed E-state index contributed by atoms with van der Waals surface area (Å²) in [6.07, 6.45) is 0. The second-order valence-corrected chi connectivity index (χ2v) is 10.9. The number of hydrogen-bond donors (Lipinski definition) is 1. The monoisotopic (exact) mass is 493 g/mol. The van der Waals surface area contributed by atoms with Gasteiger partial charge in [0.05, 0.1) is 0 Å². The van der Waals surface area contributed by atoms with Crippen LogP contribution in [-0.4, -0.2) is 31.3 Å². The summed E-state index contributed by atoms with van der Waals surface area (Å²) in [6, 6.07) is 6.79. The number of carboxylic acid groups (broad SMARTS) is 1. The number of thioether (sulfide) groups is 1. The van der Waals surface area contributed by atoms with Crippen molar-refractivity contribution in [2.45, 2.75) is 24.7 Å². The van der Waals surface area contributed by atoms with Crippen molar-refractivity contribution in [1.82, 2.24) is 15.0 Å². The fraction of sp³-hybridized carbons (Fsp3) is 0.286. The number of carboxylic acids is 1. The van der Waals surface area contributed by atoms with E-state index >= 15 is 0 Å². The zero-order valence-corrected chi connectivity index (χ0v) is 18.1. The molecule has 1 aromatic carbocycles. The molecule has 0 saturated carbocycles. The molecule has 12 heteroatoms. The normalized spacial score (nSPS) is 13.5. The van der Waals surface area contributed by atoms with Gasteiger partial charge in [-0.1, -0.05) is 81.7 Å². The Morgan fingerprint density at radius 3 is 1.81 bits per heavy atom. The lowest BCUT2D eigenvalue weighted by Gasteiger charge is -2.15. The van der Waals surface area contributed by atoms with Gasteiger partial charge in [-0.05, 0) is 19.1 Å². The van der Waals surface area contributed by atoms with E-state index in [-0.39, 0.29) is 17.5 Å². The van der Waals surface area contributed by atoms with Gasteiger partial charge in [0.15, 0.2) is 17.5 Å². The Morgan fingerprint density at radius 2 is 1.42 bits per heavy atom. The maximum absolute atomic E-state index is 10.9. The average molecular weight is 496 g/mol. The molecule has 0 aliphatic rings. The topological polar surface area (TPSA) is 76.0 Å². The molecule has 0 aliphatic heterocycles. The summed E-state index contributed by atoms with van der Waals surface area (Å²) >= 11 is 36.2. The van der Waals surface area contributed by atoms with E-state index in [1.165, 1.54) is 11.8 Å². The molecule has 1 unspecified atom stereocenters. The number of aliphatic carboxylic acids is 1. The summed E-state index contributed by atoms with van der Waals surface area (Å²) in [5, 5.41) is 8.37. The van der Waals surface area contributed by atoms with Crippen LogP contribution in [0.15, 0.2) is 29.2 Å². The summed E-state index contributed by atoms with van der Waals surface area (Å²) in [6.45, 7) is 1.59. The Bertz CT molecular complexity index is 776. The predicted molar refractivity (Wildman–Crippen MR) is 107 cm³/mol. The minimum atomic E-state index is -1.94. The second-order valence-electron chi connectivity index (χ2n) is 4.92. The van der Waals surface area contributed by atoms with E-state index in [0.717, 1.165) is 4.90 Å². The standard InChI is InChI=1S/C14H9Cl6N3O2S/c1-6(10(24)25)26-8-4-2-7(3-5-8)9-21-11(13(15,16)17)23-12(22-9)14(18,19)20/h2-6H,1H3,(H,24,25). The van der Waals surface area contributed by atoms with Crippen LogP contribution in [0.25, 0.3) is 11.4 Å². The van der Waals surface area contributed by atoms with E-state index in [4.69, 9.17) is 74.7 Å². The summed E-state index contributed by atoms with van der Waals surface area (Å²) in [4.78, 5) is 23.8. The zero-order valence-electron chi connectivity index (χ0n) is 12.8. The van der Waals surface area contributed by atoms with Crippen LogP contribution >= 0.6 is 81.4 Å². The van der Waals surface area contributed by atoms with E-state index in [0.29, 0.717) is 5.56 Å². The first kappa shape index (κ1) is 22.1. The molecule has 1 heterocycles. The van der Waals surface area contributed by atoms with Crippen molar-refractivity contribution in [1.29, 1.82) is 0 Å². The minimum Gasteiger partial charge on any atom is -0.480 e. The molecule has 5 nitrogen and oxygen atoms in total. The van der Waals surface area contributed by atoms with Crippen LogP contribution < -0.4 is 0 Å². The maximum Gasteiger partial charge on any atom is 0.316 e. The smallest absolute Gasteiger partial charge is 0.316 e. The molecule has 0 amide bonds. The summed E-state index contributed by atoms with van der Waals surface area (Å²) in [5.74, 6) is -1.14. The van der Waals surface area contributed by atoms with Gasteiger partial charge in [0.2, 0.25) is 7.59 Å². The van der Waals surface area contributed by atoms with E-state index in [1.54, 1.807) is 31.2 Å². The minimum absolute atomic E-state index is 0.144. The molecule has 26 heavy (non-hydrogen) atoms. The quantitative estimate of drug-likeness (QED) is 0.429. The Morgan fingerprint density at radius 1 is 0.962 bits per heavy atom. The highest BCUT2D eigenvalue weighted by atomic mass is 35.6. The van der Waals surface area contributed by atoms with E-state index in [2.05, 4.69) is 15.0 Å². The summed E-state index contributed by atoms with van der Waals surface area (Å²) < 4.78 is -3.87. The van der Waals surface area contributed by atoms with Crippen molar-refractivity contribution in [2.24, 2.45) is 0 Å². The molecular weight excluding hydrogens is 487 g/mol. The number of halogens is 6. The molecule has 1 atom stereocenters. The number of rotatable bonds is 4. The van der Waals surface area contributed by atoms with Crippen molar-refractivity contribution in [2.75, 3.05) is 0 Å². The van der Waals surface area contributed by atoms with Crippen LogP contribution in [0.1, 0.15) is 18.6 Å². The second kappa shape index (κ2) is 8.43. The van der Waals surface area contributed by atoms with Crippen LogP contribution in [0.2, 0.25) is 0 Å². The average Bonchev–Trinajstić information content (AvgIpc) is 2.53. The van der Waals surface area contributed by atoms with Crippen molar-refractivity contribution >= 4 is 87.3 Å². The van der Waals surface area contributed by atoms with E-state index < -0.39 is 18.8 Å². The molecule has 140 valence electrons. The van der Waals surface area contributed by atoms with Crippen molar-refractivity contribution in [3.8, 4) is 11.4 Å². The number of aromatic nitrogens is 3. The summed E-state index contributed by atoms with van der Waals surface area (Å²) in [5.41, 5.74) is 0.547. The number of alkyl halides is 6. The van der Waals surface area contributed by atoms with Gasteiger partial charge in [-0.15, -0.1) is 11.8 Å². The van der Waals surface area contributed by atoms with Crippen molar-refractivity contribution < 1.29 is 9.90 Å². The third-order valence-electron chi connectivity index (χ3n) is 2.92. The van der Waals surface area contributed by atoms with E-state index in [9.17, 15) is 4.79 Å². The molecule has 0 spiro atoms. The molecule has 1 aromatic heterocycles. The van der Waals surface area contributed by atoms with Crippen molar-refractivity contribution in [3.05, 3.63) is 35.9 Å². The largest absolute Gasteiger partial charge is 0.480 e. The molecule has 1 N–H and O–H groups in total. The SMILES string of the molecule is CC(Sc1ccc(-c2nc(C(Cl)(Cl)Cl)nc(C(Cl)(Cl)Cl)n2)cc1)C(=O)O. The molecule has 0 radical (unpaired) electrons. The third kappa shape index (κ3) is 5.89. The molecular formula is C14H9Cl6N3O2S. The van der Waals surface area contributed by atoms with Crippen molar-refractivity contribution in [3.63, 3.8) is 0 Å². The highest BCUT2D eigenvalue weighted by Gasteiger charge is 2.34. The van der Waals surface area contributed by atoms with Crippen LogP contribution in [0.4, 0.5) is 0 Å². The molecule has 0 aliphatic carbocycles. The van der Waals surface area contributed by atoms with Gasteiger partial charge in [0, 0.05) is 10.5 Å². The third-order valence-corrected chi connectivity index (χ3v) is 5.03. The Balaban J connectivity index is 2.43. The van der Waals surface area contributed by atoms with Gasteiger partial charge >= 0.3 is 5.97 Å². The Kier molecular flexibility index (Phi) is 7.16. The van der Waals surface area contributed by atoms with Gasteiger partial charge in [-0.25, -0.2) is 15.0 Å².